The number of Topliss-reactive ketones (excluding diaryl/α,β-unsaturated/α-hetero) is 1. The molecule has 14 heavy (non-hydrogen) atoms. The number of hydrogen-bond donors (Lipinski definition) is 0. The number of methoxy groups -OCH3 is 1. The van der Waals surface area contributed by atoms with Crippen molar-refractivity contribution < 1.29 is 14.3 Å². The zero-order valence-corrected chi connectivity index (χ0v) is 9.26. The van der Waals surface area contributed by atoms with E-state index < -0.39 is 0 Å². The monoisotopic (exact) mass is 256 g/mol. The quantitative estimate of drug-likeness (QED) is 0.775. The number of ether oxygens (including phenoxy) is 2. The van der Waals surface area contributed by atoms with Gasteiger partial charge in [-0.05, 0) is 28.1 Å². The lowest BCUT2D eigenvalue weighted by Gasteiger charge is -2.19. The van der Waals surface area contributed by atoms with Crippen molar-refractivity contribution in [1.29, 1.82) is 0 Å². The Labute approximate surface area is 90.1 Å². The summed E-state index contributed by atoms with van der Waals surface area (Å²) in [6, 6.07) is 3.58. The molecule has 4 heteroatoms. The SMILES string of the molecule is COc1ccc(Br)c2c1OCCC2=O. The average molecular weight is 257 g/mol. The summed E-state index contributed by atoms with van der Waals surface area (Å²) in [4.78, 5) is 11.6. The van der Waals surface area contributed by atoms with Crippen LogP contribution in [0.2, 0.25) is 0 Å². The summed E-state index contributed by atoms with van der Waals surface area (Å²) < 4.78 is 11.3. The second kappa shape index (κ2) is 3.61. The highest BCUT2D eigenvalue weighted by Crippen LogP contribution is 2.38. The van der Waals surface area contributed by atoms with Gasteiger partial charge in [-0.3, -0.25) is 4.79 Å². The fraction of sp³-hybridized carbons (Fsp3) is 0.300. The highest BCUT2D eigenvalue weighted by molar-refractivity contribution is 9.10. The summed E-state index contributed by atoms with van der Waals surface area (Å²) in [5.41, 5.74) is 0.593. The lowest BCUT2D eigenvalue weighted by atomic mass is 10.0. The van der Waals surface area contributed by atoms with Crippen molar-refractivity contribution in [3.8, 4) is 11.5 Å². The molecule has 74 valence electrons. The molecule has 1 aromatic rings. The summed E-state index contributed by atoms with van der Waals surface area (Å²) in [5, 5.41) is 0. The van der Waals surface area contributed by atoms with Crippen LogP contribution >= 0.6 is 15.9 Å². The van der Waals surface area contributed by atoms with E-state index in [2.05, 4.69) is 15.9 Å². The van der Waals surface area contributed by atoms with Crippen LogP contribution in [-0.4, -0.2) is 19.5 Å². The van der Waals surface area contributed by atoms with Crippen LogP contribution in [0, 0.1) is 0 Å². The minimum atomic E-state index is 0.0945. The molecular weight excluding hydrogens is 248 g/mol. The molecule has 0 atom stereocenters. The first-order valence-corrected chi connectivity index (χ1v) is 5.06. The number of halogens is 1. The smallest absolute Gasteiger partial charge is 0.173 e. The van der Waals surface area contributed by atoms with Crippen molar-refractivity contribution in [1.82, 2.24) is 0 Å². The Bertz CT molecular complexity index is 387. The number of benzene rings is 1. The van der Waals surface area contributed by atoms with Crippen molar-refractivity contribution in [3.63, 3.8) is 0 Å². The average Bonchev–Trinajstić information content (AvgIpc) is 2.18. The lowest BCUT2D eigenvalue weighted by molar-refractivity contribution is 0.0929. The van der Waals surface area contributed by atoms with Gasteiger partial charge in [0, 0.05) is 10.9 Å². The molecule has 0 N–H and O–H groups in total. The van der Waals surface area contributed by atoms with Gasteiger partial charge in [-0.1, -0.05) is 0 Å². The number of rotatable bonds is 1. The Morgan fingerprint density at radius 3 is 3.00 bits per heavy atom. The molecule has 1 aromatic carbocycles. The number of carbonyl (C=O) groups is 1. The van der Waals surface area contributed by atoms with Crippen molar-refractivity contribution in [2.45, 2.75) is 6.42 Å². The maximum atomic E-state index is 11.6. The summed E-state index contributed by atoms with van der Waals surface area (Å²) in [6.07, 6.45) is 0.429. The van der Waals surface area contributed by atoms with Gasteiger partial charge >= 0.3 is 0 Å². The van der Waals surface area contributed by atoms with Gasteiger partial charge < -0.3 is 9.47 Å². The first kappa shape index (κ1) is 9.52. The van der Waals surface area contributed by atoms with Crippen LogP contribution in [0.25, 0.3) is 0 Å². The van der Waals surface area contributed by atoms with Crippen molar-refractivity contribution in [2.75, 3.05) is 13.7 Å². The van der Waals surface area contributed by atoms with E-state index in [-0.39, 0.29) is 5.78 Å². The van der Waals surface area contributed by atoms with Crippen molar-refractivity contribution in [2.24, 2.45) is 0 Å². The van der Waals surface area contributed by atoms with Gasteiger partial charge in [0.25, 0.3) is 0 Å². The molecule has 1 aliphatic rings. The molecule has 0 amide bonds. The van der Waals surface area contributed by atoms with E-state index in [4.69, 9.17) is 9.47 Å². The van der Waals surface area contributed by atoms with E-state index in [1.165, 1.54) is 0 Å². The number of hydrogen-bond acceptors (Lipinski definition) is 3. The molecule has 3 nitrogen and oxygen atoms in total. The fourth-order valence-corrected chi connectivity index (χ4v) is 2.01. The summed E-state index contributed by atoms with van der Waals surface area (Å²) in [7, 11) is 1.56. The van der Waals surface area contributed by atoms with Gasteiger partial charge in [0.15, 0.2) is 17.3 Å². The van der Waals surface area contributed by atoms with Gasteiger partial charge in [0.1, 0.15) is 0 Å². The summed E-state index contributed by atoms with van der Waals surface area (Å²) >= 11 is 3.33. The first-order chi connectivity index (χ1) is 6.74. The number of fused-ring (bicyclic) bond motifs is 1. The Balaban J connectivity index is 2.63. The molecule has 0 radical (unpaired) electrons. The highest BCUT2D eigenvalue weighted by Gasteiger charge is 2.24. The van der Waals surface area contributed by atoms with E-state index in [1.807, 2.05) is 0 Å². The molecule has 0 saturated heterocycles. The van der Waals surface area contributed by atoms with Gasteiger partial charge in [0.05, 0.1) is 19.3 Å². The number of ketones is 1. The van der Waals surface area contributed by atoms with Gasteiger partial charge in [-0.25, -0.2) is 0 Å². The van der Waals surface area contributed by atoms with Gasteiger partial charge in [0.2, 0.25) is 0 Å². The molecule has 1 aliphatic heterocycles. The summed E-state index contributed by atoms with van der Waals surface area (Å²) in [6.45, 7) is 0.429. The molecule has 0 spiro atoms. The first-order valence-electron chi connectivity index (χ1n) is 4.26. The zero-order chi connectivity index (χ0) is 10.1. The van der Waals surface area contributed by atoms with Crippen LogP contribution in [0.3, 0.4) is 0 Å². The predicted octanol–water partition coefficient (Wildman–Crippen LogP) is 2.42. The maximum Gasteiger partial charge on any atom is 0.173 e. The van der Waals surface area contributed by atoms with Crippen LogP contribution in [-0.2, 0) is 0 Å². The van der Waals surface area contributed by atoms with E-state index in [9.17, 15) is 4.79 Å². The molecule has 0 fully saturated rings. The standard InChI is InChI=1S/C10H9BrO3/c1-13-8-3-2-6(11)9-7(12)4-5-14-10(8)9/h2-3H,4-5H2,1H3. The zero-order valence-electron chi connectivity index (χ0n) is 7.67. The van der Waals surface area contributed by atoms with E-state index >= 15 is 0 Å². The third kappa shape index (κ3) is 1.39. The third-order valence-electron chi connectivity index (χ3n) is 2.14. The Hall–Kier alpha value is -1.03. The lowest BCUT2D eigenvalue weighted by Crippen LogP contribution is -2.16. The normalized spacial score (nSPS) is 14.6. The van der Waals surface area contributed by atoms with Gasteiger partial charge in [-0.2, -0.15) is 0 Å². The minimum absolute atomic E-state index is 0.0945. The fourth-order valence-electron chi connectivity index (χ4n) is 1.47. The molecule has 0 aromatic heterocycles. The van der Waals surface area contributed by atoms with E-state index in [0.717, 1.165) is 4.47 Å². The topological polar surface area (TPSA) is 35.5 Å². The molecule has 0 saturated carbocycles. The molecule has 0 unspecified atom stereocenters. The second-order valence-electron chi connectivity index (χ2n) is 2.98. The number of carbonyl (C=O) groups excluding carboxylic acids is 1. The van der Waals surface area contributed by atoms with Crippen LogP contribution in [0.4, 0.5) is 0 Å². The van der Waals surface area contributed by atoms with E-state index in [1.54, 1.807) is 19.2 Å². The Morgan fingerprint density at radius 1 is 1.50 bits per heavy atom. The second-order valence-corrected chi connectivity index (χ2v) is 3.83. The van der Waals surface area contributed by atoms with Crippen molar-refractivity contribution >= 4 is 21.7 Å². The predicted molar refractivity (Wildman–Crippen MR) is 55.1 cm³/mol. The summed E-state index contributed by atoms with van der Waals surface area (Å²) in [5.74, 6) is 1.26. The Kier molecular flexibility index (Phi) is 2.46. The minimum Gasteiger partial charge on any atom is -0.493 e. The van der Waals surface area contributed by atoms with Crippen molar-refractivity contribution in [3.05, 3.63) is 22.2 Å². The van der Waals surface area contributed by atoms with E-state index in [0.29, 0.717) is 30.1 Å². The van der Waals surface area contributed by atoms with Crippen LogP contribution in [0.15, 0.2) is 16.6 Å². The molecule has 2 rings (SSSR count). The van der Waals surface area contributed by atoms with Gasteiger partial charge in [-0.15, -0.1) is 0 Å². The molecule has 0 aliphatic carbocycles. The van der Waals surface area contributed by atoms with Crippen LogP contribution < -0.4 is 9.47 Å². The molecule has 1 heterocycles. The largest absolute Gasteiger partial charge is 0.493 e. The van der Waals surface area contributed by atoms with Crippen LogP contribution in [0.5, 0.6) is 11.5 Å². The Morgan fingerprint density at radius 2 is 2.29 bits per heavy atom. The highest BCUT2D eigenvalue weighted by atomic mass is 79.9. The maximum absolute atomic E-state index is 11.6. The molecular formula is C10H9BrO3. The third-order valence-corrected chi connectivity index (χ3v) is 2.81. The molecule has 0 bridgehead atoms. The van der Waals surface area contributed by atoms with Crippen LogP contribution in [0.1, 0.15) is 16.8 Å².